The third-order valence-electron chi connectivity index (χ3n) is 2.85. The Morgan fingerprint density at radius 2 is 2.11 bits per heavy atom. The fourth-order valence-corrected chi connectivity index (χ4v) is 3.48. The predicted octanol–water partition coefficient (Wildman–Crippen LogP) is 4.17. The smallest absolute Gasteiger partial charge is 0.0520 e. The number of rotatable bonds is 4. The van der Waals surface area contributed by atoms with Gasteiger partial charge >= 0.3 is 0 Å². The minimum atomic E-state index is 0.0544. The highest BCUT2D eigenvalue weighted by Gasteiger charge is 2.11. The van der Waals surface area contributed by atoms with Crippen molar-refractivity contribution in [1.29, 1.82) is 0 Å². The van der Waals surface area contributed by atoms with Crippen LogP contribution in [0.3, 0.4) is 0 Å². The number of hydrogen-bond donors (Lipinski definition) is 1. The molecule has 2 aromatic rings. The van der Waals surface area contributed by atoms with Crippen molar-refractivity contribution in [2.45, 2.75) is 19.5 Å². The summed E-state index contributed by atoms with van der Waals surface area (Å²) < 4.78 is 1.15. The van der Waals surface area contributed by atoms with Crippen LogP contribution in [0.2, 0.25) is 0 Å². The summed E-state index contributed by atoms with van der Waals surface area (Å²) in [5.74, 6) is 0. The number of benzene rings is 1. The molecule has 0 saturated heterocycles. The first-order valence-electron chi connectivity index (χ1n) is 5.86. The molecule has 96 valence electrons. The zero-order valence-electron chi connectivity index (χ0n) is 10.6. The lowest BCUT2D eigenvalue weighted by atomic mass is 10.1. The number of para-hydroxylation sites is 1. The molecule has 0 aliphatic rings. The van der Waals surface area contributed by atoms with Crippen LogP contribution in [-0.2, 0) is 6.54 Å². The van der Waals surface area contributed by atoms with E-state index in [4.69, 9.17) is 5.73 Å². The molecule has 2 rings (SSSR count). The number of nitrogens with two attached hydrogens (primary N) is 1. The van der Waals surface area contributed by atoms with Crippen molar-refractivity contribution < 1.29 is 0 Å². The minimum Gasteiger partial charge on any atom is -0.369 e. The van der Waals surface area contributed by atoms with E-state index in [1.807, 2.05) is 13.0 Å². The molecular formula is C14H17BrN2S. The predicted molar refractivity (Wildman–Crippen MR) is 83.2 cm³/mol. The van der Waals surface area contributed by atoms with E-state index >= 15 is 0 Å². The molecule has 0 amide bonds. The third-order valence-corrected chi connectivity index (χ3v) is 4.54. The van der Waals surface area contributed by atoms with Gasteiger partial charge in [-0.1, -0.05) is 18.2 Å². The van der Waals surface area contributed by atoms with E-state index in [2.05, 4.69) is 57.5 Å². The summed E-state index contributed by atoms with van der Waals surface area (Å²) in [4.78, 5) is 3.58. The standard InChI is InChI=1S/C14H17BrN2S/c1-10(16)13-5-3-4-6-14(13)17(2)8-12-7-11(15)9-18-12/h3-7,9-10H,8,16H2,1-2H3/t10-/m0/s1. The zero-order valence-corrected chi connectivity index (χ0v) is 13.0. The summed E-state index contributed by atoms with van der Waals surface area (Å²) in [6.45, 7) is 2.93. The second-order valence-electron chi connectivity index (χ2n) is 4.43. The lowest BCUT2D eigenvalue weighted by Crippen LogP contribution is -2.19. The minimum absolute atomic E-state index is 0.0544. The van der Waals surface area contributed by atoms with Crippen LogP contribution in [0.1, 0.15) is 23.4 Å². The molecule has 0 saturated carbocycles. The van der Waals surface area contributed by atoms with E-state index in [1.165, 1.54) is 16.1 Å². The Morgan fingerprint density at radius 1 is 1.39 bits per heavy atom. The molecule has 0 bridgehead atoms. The Bertz CT molecular complexity index is 522. The Labute approximate surface area is 121 Å². The Hall–Kier alpha value is -0.840. The zero-order chi connectivity index (χ0) is 13.1. The normalized spacial score (nSPS) is 12.4. The van der Waals surface area contributed by atoms with Gasteiger partial charge in [-0.3, -0.25) is 0 Å². The molecule has 0 aliphatic carbocycles. The monoisotopic (exact) mass is 324 g/mol. The lowest BCUT2D eigenvalue weighted by Gasteiger charge is -2.23. The summed E-state index contributed by atoms with van der Waals surface area (Å²) in [6.07, 6.45) is 0. The highest BCUT2D eigenvalue weighted by molar-refractivity contribution is 9.10. The van der Waals surface area contributed by atoms with Crippen LogP contribution < -0.4 is 10.6 Å². The van der Waals surface area contributed by atoms with E-state index in [9.17, 15) is 0 Å². The van der Waals surface area contributed by atoms with Crippen molar-refractivity contribution in [3.8, 4) is 0 Å². The van der Waals surface area contributed by atoms with Gasteiger partial charge in [-0.05, 0) is 40.5 Å². The quantitative estimate of drug-likeness (QED) is 0.914. The molecule has 1 heterocycles. The number of thiophene rings is 1. The van der Waals surface area contributed by atoms with E-state index < -0.39 is 0 Å². The molecule has 18 heavy (non-hydrogen) atoms. The fourth-order valence-electron chi connectivity index (χ4n) is 1.98. The van der Waals surface area contributed by atoms with Crippen molar-refractivity contribution in [3.63, 3.8) is 0 Å². The SMILES string of the molecule is C[C@H](N)c1ccccc1N(C)Cc1cc(Br)cs1. The second-order valence-corrected chi connectivity index (χ2v) is 6.35. The van der Waals surface area contributed by atoms with Gasteiger partial charge in [0.25, 0.3) is 0 Å². The largest absolute Gasteiger partial charge is 0.369 e. The third kappa shape index (κ3) is 3.13. The molecule has 0 aliphatic heterocycles. The number of hydrogen-bond acceptors (Lipinski definition) is 3. The molecule has 0 spiro atoms. The van der Waals surface area contributed by atoms with Crippen molar-refractivity contribution in [3.05, 3.63) is 50.6 Å². The summed E-state index contributed by atoms with van der Waals surface area (Å²) >= 11 is 5.25. The van der Waals surface area contributed by atoms with Crippen LogP contribution in [0.25, 0.3) is 0 Å². The molecule has 2 N–H and O–H groups in total. The van der Waals surface area contributed by atoms with Gasteiger partial charge in [-0.15, -0.1) is 11.3 Å². The molecule has 1 aromatic carbocycles. The highest BCUT2D eigenvalue weighted by atomic mass is 79.9. The Balaban J connectivity index is 2.20. The lowest BCUT2D eigenvalue weighted by molar-refractivity contribution is 0.803. The Kier molecular flexibility index (Phi) is 4.43. The molecule has 0 radical (unpaired) electrons. The number of nitrogens with zero attached hydrogens (tertiary/aromatic N) is 1. The maximum absolute atomic E-state index is 6.02. The summed E-state index contributed by atoms with van der Waals surface area (Å²) in [5.41, 5.74) is 8.41. The van der Waals surface area contributed by atoms with Crippen molar-refractivity contribution in [2.24, 2.45) is 5.73 Å². The molecule has 1 aromatic heterocycles. The van der Waals surface area contributed by atoms with E-state index in [1.54, 1.807) is 11.3 Å². The fraction of sp³-hybridized carbons (Fsp3) is 0.286. The summed E-state index contributed by atoms with van der Waals surface area (Å²) in [5, 5.41) is 2.11. The van der Waals surface area contributed by atoms with Gasteiger partial charge in [0.1, 0.15) is 0 Å². The molecular weight excluding hydrogens is 308 g/mol. The van der Waals surface area contributed by atoms with Crippen LogP contribution in [0.4, 0.5) is 5.69 Å². The van der Waals surface area contributed by atoms with Gasteiger partial charge in [0.05, 0.1) is 6.54 Å². The maximum Gasteiger partial charge on any atom is 0.0520 e. The first-order chi connectivity index (χ1) is 8.58. The maximum atomic E-state index is 6.02. The topological polar surface area (TPSA) is 29.3 Å². The van der Waals surface area contributed by atoms with Gasteiger partial charge in [-0.2, -0.15) is 0 Å². The van der Waals surface area contributed by atoms with Crippen LogP contribution >= 0.6 is 27.3 Å². The van der Waals surface area contributed by atoms with Gasteiger partial charge in [0.2, 0.25) is 0 Å². The van der Waals surface area contributed by atoms with E-state index in [-0.39, 0.29) is 6.04 Å². The van der Waals surface area contributed by atoms with Crippen LogP contribution in [0, 0.1) is 0 Å². The molecule has 4 heteroatoms. The Morgan fingerprint density at radius 3 is 2.72 bits per heavy atom. The summed E-state index contributed by atoms with van der Waals surface area (Å²) in [6, 6.07) is 10.5. The van der Waals surface area contributed by atoms with E-state index in [0.717, 1.165) is 11.0 Å². The van der Waals surface area contributed by atoms with Crippen molar-refractivity contribution in [2.75, 3.05) is 11.9 Å². The first kappa shape index (κ1) is 13.6. The average Bonchev–Trinajstić information content (AvgIpc) is 2.74. The van der Waals surface area contributed by atoms with Gasteiger partial charge in [0.15, 0.2) is 0 Å². The average molecular weight is 325 g/mol. The van der Waals surface area contributed by atoms with E-state index in [0.29, 0.717) is 0 Å². The highest BCUT2D eigenvalue weighted by Crippen LogP contribution is 2.27. The van der Waals surface area contributed by atoms with Gasteiger partial charge < -0.3 is 10.6 Å². The first-order valence-corrected chi connectivity index (χ1v) is 7.53. The summed E-state index contributed by atoms with van der Waals surface area (Å²) in [7, 11) is 2.11. The molecule has 0 unspecified atom stereocenters. The van der Waals surface area contributed by atoms with Gasteiger partial charge in [0, 0.05) is 33.5 Å². The van der Waals surface area contributed by atoms with Crippen LogP contribution in [0.5, 0.6) is 0 Å². The van der Waals surface area contributed by atoms with Crippen molar-refractivity contribution in [1.82, 2.24) is 0 Å². The molecule has 2 nitrogen and oxygen atoms in total. The van der Waals surface area contributed by atoms with Crippen LogP contribution in [0.15, 0.2) is 40.2 Å². The van der Waals surface area contributed by atoms with Gasteiger partial charge in [-0.25, -0.2) is 0 Å². The number of anilines is 1. The van der Waals surface area contributed by atoms with Crippen molar-refractivity contribution >= 4 is 33.0 Å². The second kappa shape index (κ2) is 5.87. The molecule has 0 fully saturated rings. The van der Waals surface area contributed by atoms with Crippen LogP contribution in [-0.4, -0.2) is 7.05 Å². The molecule has 1 atom stereocenters. The number of halogens is 1.